The fourth-order valence-corrected chi connectivity index (χ4v) is 2.42. The number of hydrogen-bond donors (Lipinski definition) is 2. The zero-order chi connectivity index (χ0) is 14.0. The van der Waals surface area contributed by atoms with E-state index in [9.17, 15) is 9.90 Å². The Morgan fingerprint density at radius 3 is 2.89 bits per heavy atom. The molecule has 2 amide bonds. The van der Waals surface area contributed by atoms with Crippen LogP contribution in [-0.4, -0.2) is 35.2 Å². The van der Waals surface area contributed by atoms with Crippen LogP contribution < -0.4 is 5.32 Å². The number of urea groups is 1. The number of aryl methyl sites for hydroxylation is 1. The number of hydrogen-bond acceptors (Lipinski definition) is 2. The Balaban J connectivity index is 1.96. The van der Waals surface area contributed by atoms with Crippen molar-refractivity contribution in [2.24, 2.45) is 5.92 Å². The molecular weight excluding hydrogens is 264 g/mol. The molecule has 1 aliphatic heterocycles. The summed E-state index contributed by atoms with van der Waals surface area (Å²) < 4.78 is 0. The summed E-state index contributed by atoms with van der Waals surface area (Å²) in [6.45, 7) is 4.97. The van der Waals surface area contributed by atoms with Gasteiger partial charge in [-0.15, -0.1) is 0 Å². The van der Waals surface area contributed by atoms with E-state index < -0.39 is 0 Å². The number of nitrogens with one attached hydrogen (secondary N) is 1. The number of amides is 2. The summed E-state index contributed by atoms with van der Waals surface area (Å²) in [6.07, 6.45) is 0.478. The van der Waals surface area contributed by atoms with Gasteiger partial charge >= 0.3 is 6.03 Å². The maximum Gasteiger partial charge on any atom is 0.321 e. The smallest absolute Gasteiger partial charge is 0.321 e. The monoisotopic (exact) mass is 282 g/mol. The number of rotatable bonds is 2. The first-order valence-corrected chi connectivity index (χ1v) is 6.85. The maximum atomic E-state index is 12.1. The van der Waals surface area contributed by atoms with Gasteiger partial charge in [-0.1, -0.05) is 17.7 Å². The third kappa shape index (κ3) is 3.39. The van der Waals surface area contributed by atoms with Crippen molar-refractivity contribution in [2.75, 3.05) is 18.4 Å². The number of aliphatic hydroxyl groups is 1. The van der Waals surface area contributed by atoms with E-state index in [2.05, 4.69) is 5.32 Å². The van der Waals surface area contributed by atoms with Gasteiger partial charge in [0, 0.05) is 29.7 Å². The highest BCUT2D eigenvalue weighted by Crippen LogP contribution is 2.23. The van der Waals surface area contributed by atoms with E-state index in [1.807, 2.05) is 19.1 Å². The predicted octanol–water partition coefficient (Wildman–Crippen LogP) is 2.88. The molecule has 104 valence electrons. The van der Waals surface area contributed by atoms with Crippen molar-refractivity contribution >= 4 is 23.3 Å². The van der Waals surface area contributed by atoms with Crippen molar-refractivity contribution in [1.29, 1.82) is 0 Å². The van der Waals surface area contributed by atoms with Crippen molar-refractivity contribution in [1.82, 2.24) is 4.90 Å². The molecule has 1 fully saturated rings. The zero-order valence-electron chi connectivity index (χ0n) is 11.2. The minimum Gasteiger partial charge on any atom is -0.393 e. The molecule has 2 N–H and O–H groups in total. The Morgan fingerprint density at radius 1 is 1.58 bits per heavy atom. The predicted molar refractivity (Wildman–Crippen MR) is 76.6 cm³/mol. The molecule has 0 aliphatic carbocycles. The lowest BCUT2D eigenvalue weighted by Gasteiger charge is -2.18. The summed E-state index contributed by atoms with van der Waals surface area (Å²) in [6, 6.07) is 5.32. The van der Waals surface area contributed by atoms with Crippen LogP contribution in [0.3, 0.4) is 0 Å². The molecule has 2 unspecified atom stereocenters. The quantitative estimate of drug-likeness (QED) is 0.876. The van der Waals surface area contributed by atoms with Crippen molar-refractivity contribution < 1.29 is 9.90 Å². The van der Waals surface area contributed by atoms with Crippen molar-refractivity contribution in [3.63, 3.8) is 0 Å². The molecule has 0 radical (unpaired) electrons. The first-order chi connectivity index (χ1) is 8.97. The lowest BCUT2D eigenvalue weighted by atomic mass is 10.0. The Hall–Kier alpha value is -1.26. The molecule has 19 heavy (non-hydrogen) atoms. The van der Waals surface area contributed by atoms with Crippen LogP contribution in [0.5, 0.6) is 0 Å². The highest BCUT2D eigenvalue weighted by atomic mass is 35.5. The summed E-state index contributed by atoms with van der Waals surface area (Å²) in [5, 5.41) is 13.0. The van der Waals surface area contributed by atoms with Crippen LogP contribution in [0.15, 0.2) is 18.2 Å². The first-order valence-electron chi connectivity index (χ1n) is 6.47. The average Bonchev–Trinajstić information content (AvgIpc) is 2.83. The van der Waals surface area contributed by atoms with E-state index in [-0.39, 0.29) is 18.1 Å². The Kier molecular flexibility index (Phi) is 4.32. The number of aliphatic hydroxyl groups excluding tert-OH is 1. The van der Waals surface area contributed by atoms with Gasteiger partial charge in [0.25, 0.3) is 0 Å². The second-order valence-corrected chi connectivity index (χ2v) is 5.54. The summed E-state index contributed by atoms with van der Waals surface area (Å²) in [5.74, 6) is 0.173. The zero-order valence-corrected chi connectivity index (χ0v) is 11.9. The Labute approximate surface area is 118 Å². The maximum absolute atomic E-state index is 12.1. The minimum atomic E-state index is -0.369. The van der Waals surface area contributed by atoms with E-state index in [0.29, 0.717) is 23.8 Å². The molecule has 0 aromatic heterocycles. The Morgan fingerprint density at radius 2 is 2.32 bits per heavy atom. The lowest BCUT2D eigenvalue weighted by Crippen LogP contribution is -2.34. The fourth-order valence-electron chi connectivity index (χ4n) is 2.24. The average molecular weight is 283 g/mol. The van der Waals surface area contributed by atoms with Crippen molar-refractivity contribution in [3.05, 3.63) is 28.8 Å². The van der Waals surface area contributed by atoms with Crippen LogP contribution in [-0.2, 0) is 0 Å². The molecule has 1 aromatic carbocycles. The second kappa shape index (κ2) is 5.80. The molecule has 4 nitrogen and oxygen atoms in total. The number of benzene rings is 1. The third-order valence-corrected chi connectivity index (χ3v) is 4.02. The van der Waals surface area contributed by atoms with Crippen LogP contribution in [0.4, 0.5) is 10.5 Å². The molecule has 0 bridgehead atoms. The lowest BCUT2D eigenvalue weighted by molar-refractivity contribution is 0.130. The molecular formula is C14H19ClN2O2. The van der Waals surface area contributed by atoms with Gasteiger partial charge in [0.1, 0.15) is 0 Å². The first kappa shape index (κ1) is 14.2. The molecule has 2 atom stereocenters. The van der Waals surface area contributed by atoms with E-state index in [1.165, 1.54) is 0 Å². The Bertz CT molecular complexity index is 477. The van der Waals surface area contributed by atoms with Crippen LogP contribution in [0, 0.1) is 12.8 Å². The largest absolute Gasteiger partial charge is 0.393 e. The highest BCUT2D eigenvalue weighted by molar-refractivity contribution is 6.31. The molecule has 2 rings (SSSR count). The molecule has 5 heteroatoms. The number of likely N-dealkylation sites (tertiary alicyclic amines) is 1. The molecule has 1 saturated heterocycles. The highest BCUT2D eigenvalue weighted by Gasteiger charge is 2.28. The summed E-state index contributed by atoms with van der Waals surface area (Å²) in [7, 11) is 0. The normalized spacial score (nSPS) is 20.4. The van der Waals surface area contributed by atoms with E-state index >= 15 is 0 Å². The van der Waals surface area contributed by atoms with Crippen molar-refractivity contribution in [3.8, 4) is 0 Å². The second-order valence-electron chi connectivity index (χ2n) is 5.13. The van der Waals surface area contributed by atoms with Gasteiger partial charge in [-0.25, -0.2) is 4.79 Å². The van der Waals surface area contributed by atoms with Crippen molar-refractivity contribution in [2.45, 2.75) is 26.4 Å². The van der Waals surface area contributed by atoms with Gasteiger partial charge < -0.3 is 15.3 Å². The van der Waals surface area contributed by atoms with E-state index in [0.717, 1.165) is 12.0 Å². The van der Waals surface area contributed by atoms with Gasteiger partial charge in [-0.2, -0.15) is 0 Å². The summed E-state index contributed by atoms with van der Waals surface area (Å²) >= 11 is 6.02. The van der Waals surface area contributed by atoms with Crippen LogP contribution in [0.25, 0.3) is 0 Å². The van der Waals surface area contributed by atoms with Gasteiger partial charge in [0.15, 0.2) is 0 Å². The number of carbonyl (C=O) groups excluding carboxylic acids is 1. The molecule has 1 heterocycles. The standard InChI is InChI=1S/C14H19ClN2O2/c1-9-3-4-12(7-13(9)15)16-14(19)17-6-5-11(8-17)10(2)18/h3-4,7,10-11,18H,5-6,8H2,1-2H3,(H,16,19). The molecule has 0 saturated carbocycles. The number of halogens is 1. The van der Waals surface area contributed by atoms with Gasteiger partial charge in [-0.05, 0) is 38.0 Å². The third-order valence-electron chi connectivity index (χ3n) is 3.62. The topological polar surface area (TPSA) is 52.6 Å². The van der Waals surface area contributed by atoms with E-state index in [4.69, 9.17) is 11.6 Å². The van der Waals surface area contributed by atoms with Gasteiger partial charge in [0.2, 0.25) is 0 Å². The molecule has 0 spiro atoms. The number of carbonyl (C=O) groups is 1. The van der Waals surface area contributed by atoms with Crippen LogP contribution in [0.2, 0.25) is 5.02 Å². The fraction of sp³-hybridized carbons (Fsp3) is 0.500. The van der Waals surface area contributed by atoms with Crippen LogP contribution in [0.1, 0.15) is 18.9 Å². The summed E-state index contributed by atoms with van der Waals surface area (Å²) in [5.41, 5.74) is 1.68. The van der Waals surface area contributed by atoms with Crippen LogP contribution >= 0.6 is 11.6 Å². The minimum absolute atomic E-state index is 0.136. The van der Waals surface area contributed by atoms with Gasteiger partial charge in [0.05, 0.1) is 6.10 Å². The van der Waals surface area contributed by atoms with E-state index in [1.54, 1.807) is 17.9 Å². The number of nitrogens with zero attached hydrogens (tertiary/aromatic N) is 1. The molecule has 1 aliphatic rings. The molecule has 1 aromatic rings. The SMILES string of the molecule is Cc1ccc(NC(=O)N2CCC(C(C)O)C2)cc1Cl. The van der Waals surface area contributed by atoms with Gasteiger partial charge in [-0.3, -0.25) is 0 Å². The summed E-state index contributed by atoms with van der Waals surface area (Å²) in [4.78, 5) is 13.8. The number of anilines is 1.